The molecular weight excluding hydrogens is 524 g/mol. The first-order valence-corrected chi connectivity index (χ1v) is 11.9. The van der Waals surface area contributed by atoms with Crippen LogP contribution < -0.4 is 5.32 Å². The van der Waals surface area contributed by atoms with Crippen LogP contribution in [0.3, 0.4) is 0 Å². The summed E-state index contributed by atoms with van der Waals surface area (Å²) in [5.74, 6) is -4.64. The summed E-state index contributed by atoms with van der Waals surface area (Å²) in [6.45, 7) is -0.00461. The number of halogens is 2. The number of aromatic carboxylic acids is 1. The molecule has 0 saturated carbocycles. The van der Waals surface area contributed by atoms with Gasteiger partial charge in [-0.3, -0.25) is 14.5 Å². The average Bonchev–Trinajstić information content (AvgIpc) is 3.11. The van der Waals surface area contributed by atoms with E-state index >= 15 is 0 Å². The number of carboxylic acid groups (broad SMARTS) is 1. The van der Waals surface area contributed by atoms with Crippen LogP contribution in [0.25, 0.3) is 17.3 Å². The normalized spacial score (nSPS) is 14.3. The molecule has 0 bridgehead atoms. The molecule has 2 heterocycles. The fourth-order valence-corrected chi connectivity index (χ4v) is 4.70. The van der Waals surface area contributed by atoms with Gasteiger partial charge in [0.2, 0.25) is 5.91 Å². The highest BCUT2D eigenvalue weighted by molar-refractivity contribution is 8.26. The Morgan fingerprint density at radius 1 is 1.11 bits per heavy atom. The maximum absolute atomic E-state index is 13.6. The van der Waals surface area contributed by atoms with Gasteiger partial charge in [0.05, 0.1) is 16.3 Å². The Morgan fingerprint density at radius 2 is 1.89 bits per heavy atom. The van der Waals surface area contributed by atoms with Gasteiger partial charge in [-0.2, -0.15) is 0 Å². The first-order valence-electron chi connectivity index (χ1n) is 10.7. The highest BCUT2D eigenvalue weighted by atomic mass is 32.2. The van der Waals surface area contributed by atoms with E-state index in [2.05, 4.69) is 10.3 Å². The quantitative estimate of drug-likeness (QED) is 0.292. The van der Waals surface area contributed by atoms with Crippen LogP contribution in [0.2, 0.25) is 0 Å². The van der Waals surface area contributed by atoms with Crippen molar-refractivity contribution in [3.8, 4) is 17.0 Å². The molecule has 4 rings (SSSR count). The van der Waals surface area contributed by atoms with Gasteiger partial charge in [-0.05, 0) is 48.5 Å². The zero-order valence-corrected chi connectivity index (χ0v) is 20.4. The molecule has 0 atom stereocenters. The lowest BCUT2D eigenvalue weighted by atomic mass is 10.1. The molecule has 3 N–H and O–H groups in total. The Morgan fingerprint density at radius 3 is 2.59 bits per heavy atom. The zero-order chi connectivity index (χ0) is 26.7. The number of hydrogen-bond acceptors (Lipinski definition) is 7. The largest absolute Gasteiger partial charge is 0.507 e. The standard InChI is InChI=1S/C25H17F2N3O5S2/c26-17-7-4-13(10-18(17)27)19-3-1-2-14(28-19)12-21-23(33)30(25(36)37-21)9-8-22(32)29-15-5-6-16(24(34)35)20(31)11-15/h1-7,10-12,31H,8-9H2,(H,29,32)(H,34,35)/b21-12-. The second-order valence-electron chi connectivity index (χ2n) is 7.75. The van der Waals surface area contributed by atoms with E-state index in [0.717, 1.165) is 36.0 Å². The minimum absolute atomic E-state index is 0.00461. The lowest BCUT2D eigenvalue weighted by molar-refractivity contribution is -0.122. The predicted octanol–water partition coefficient (Wildman–Crippen LogP) is 4.66. The Kier molecular flexibility index (Phi) is 7.60. The number of benzene rings is 2. The first kappa shape index (κ1) is 25.9. The number of nitrogens with zero attached hydrogens (tertiary/aromatic N) is 2. The number of carbonyl (C=O) groups is 3. The number of phenols is 1. The Bertz CT molecular complexity index is 1480. The van der Waals surface area contributed by atoms with Crippen molar-refractivity contribution >= 4 is 57.8 Å². The molecule has 8 nitrogen and oxygen atoms in total. The number of amides is 2. The monoisotopic (exact) mass is 541 g/mol. The Labute approximate surface area is 218 Å². The van der Waals surface area contributed by atoms with Crippen molar-refractivity contribution in [1.29, 1.82) is 0 Å². The molecule has 0 spiro atoms. The number of thiocarbonyl (C=S) groups is 1. The second kappa shape index (κ2) is 10.8. The van der Waals surface area contributed by atoms with E-state index in [1.54, 1.807) is 18.2 Å². The molecule has 1 fully saturated rings. The SMILES string of the molecule is O=C(CCN1C(=O)/C(=C/c2cccc(-c3ccc(F)c(F)c3)n2)SC1=S)Nc1ccc(C(=O)O)c(O)c1. The van der Waals surface area contributed by atoms with Gasteiger partial charge >= 0.3 is 5.97 Å². The fraction of sp³-hybridized carbons (Fsp3) is 0.0800. The van der Waals surface area contributed by atoms with Crippen molar-refractivity contribution in [2.75, 3.05) is 11.9 Å². The molecule has 0 radical (unpaired) electrons. The maximum atomic E-state index is 13.6. The number of anilines is 1. The van der Waals surface area contributed by atoms with E-state index in [1.165, 1.54) is 23.1 Å². The molecule has 188 valence electrons. The third-order valence-electron chi connectivity index (χ3n) is 5.21. The van der Waals surface area contributed by atoms with E-state index in [9.17, 15) is 28.3 Å². The van der Waals surface area contributed by atoms with Crippen LogP contribution in [0.15, 0.2) is 59.5 Å². The Balaban J connectivity index is 1.41. The second-order valence-corrected chi connectivity index (χ2v) is 9.42. The van der Waals surface area contributed by atoms with Gasteiger partial charge in [-0.1, -0.05) is 30.0 Å². The van der Waals surface area contributed by atoms with Gasteiger partial charge in [0.15, 0.2) is 11.6 Å². The lowest BCUT2D eigenvalue weighted by Gasteiger charge is -2.14. The molecule has 1 saturated heterocycles. The summed E-state index contributed by atoms with van der Waals surface area (Å²) in [5, 5.41) is 21.2. The molecule has 0 aliphatic carbocycles. The van der Waals surface area contributed by atoms with Crippen LogP contribution in [0, 0.1) is 11.6 Å². The highest BCUT2D eigenvalue weighted by Gasteiger charge is 2.32. The summed E-state index contributed by atoms with van der Waals surface area (Å²) in [5.41, 5.74) is 1.07. The molecular formula is C25H17F2N3O5S2. The number of hydrogen-bond donors (Lipinski definition) is 3. The summed E-state index contributed by atoms with van der Waals surface area (Å²) in [7, 11) is 0. The first-order chi connectivity index (χ1) is 17.6. The molecule has 2 amide bonds. The van der Waals surface area contributed by atoms with E-state index in [1.807, 2.05) is 0 Å². The molecule has 12 heteroatoms. The number of pyridine rings is 1. The highest BCUT2D eigenvalue weighted by Crippen LogP contribution is 2.33. The van der Waals surface area contributed by atoms with Crippen LogP contribution in [-0.4, -0.2) is 48.7 Å². The third kappa shape index (κ3) is 5.98. The summed E-state index contributed by atoms with van der Waals surface area (Å²) in [6.07, 6.45) is 1.42. The minimum Gasteiger partial charge on any atom is -0.507 e. The van der Waals surface area contributed by atoms with Crippen molar-refractivity contribution < 1.29 is 33.4 Å². The van der Waals surface area contributed by atoms with E-state index in [0.29, 0.717) is 17.0 Å². The van der Waals surface area contributed by atoms with Crippen molar-refractivity contribution in [2.24, 2.45) is 0 Å². The topological polar surface area (TPSA) is 120 Å². The molecule has 0 unspecified atom stereocenters. The molecule has 37 heavy (non-hydrogen) atoms. The van der Waals surface area contributed by atoms with E-state index in [4.69, 9.17) is 17.3 Å². The number of aromatic hydroxyl groups is 1. The molecule has 1 aliphatic heterocycles. The minimum atomic E-state index is -1.30. The number of thioether (sulfide) groups is 1. The van der Waals surface area contributed by atoms with Gasteiger partial charge in [-0.15, -0.1) is 0 Å². The number of carbonyl (C=O) groups excluding carboxylic acids is 2. The maximum Gasteiger partial charge on any atom is 0.339 e. The van der Waals surface area contributed by atoms with Gasteiger partial charge in [0.1, 0.15) is 15.6 Å². The molecule has 1 aromatic heterocycles. The third-order valence-corrected chi connectivity index (χ3v) is 6.59. The van der Waals surface area contributed by atoms with Crippen LogP contribution in [0.1, 0.15) is 22.5 Å². The summed E-state index contributed by atoms with van der Waals surface area (Å²) in [6, 6.07) is 12.0. The van der Waals surface area contributed by atoms with Crippen LogP contribution in [0.4, 0.5) is 14.5 Å². The van der Waals surface area contributed by atoms with Crippen molar-refractivity contribution in [3.63, 3.8) is 0 Å². The van der Waals surface area contributed by atoms with Gasteiger partial charge < -0.3 is 15.5 Å². The Hall–Kier alpha value is -4.16. The van der Waals surface area contributed by atoms with Gasteiger partial charge in [0, 0.05) is 30.3 Å². The number of rotatable bonds is 7. The van der Waals surface area contributed by atoms with Crippen molar-refractivity contribution in [1.82, 2.24) is 9.88 Å². The zero-order valence-electron chi connectivity index (χ0n) is 18.8. The summed E-state index contributed by atoms with van der Waals surface area (Å²) in [4.78, 5) is 42.1. The number of carboxylic acids is 1. The molecule has 2 aromatic carbocycles. The summed E-state index contributed by atoms with van der Waals surface area (Å²) >= 11 is 6.33. The number of aromatic nitrogens is 1. The predicted molar refractivity (Wildman–Crippen MR) is 138 cm³/mol. The molecule has 3 aromatic rings. The van der Waals surface area contributed by atoms with Crippen LogP contribution >= 0.6 is 24.0 Å². The van der Waals surface area contributed by atoms with E-state index in [-0.39, 0.29) is 33.4 Å². The van der Waals surface area contributed by atoms with E-state index < -0.39 is 35.2 Å². The average molecular weight is 542 g/mol. The van der Waals surface area contributed by atoms with Gasteiger partial charge in [-0.25, -0.2) is 18.6 Å². The van der Waals surface area contributed by atoms with Gasteiger partial charge in [0.25, 0.3) is 5.91 Å². The fourth-order valence-electron chi connectivity index (χ4n) is 3.40. The lowest BCUT2D eigenvalue weighted by Crippen LogP contribution is -2.31. The van der Waals surface area contributed by atoms with Crippen molar-refractivity contribution in [3.05, 3.63) is 82.4 Å². The molecule has 1 aliphatic rings. The number of nitrogens with one attached hydrogen (secondary N) is 1. The summed E-state index contributed by atoms with van der Waals surface area (Å²) < 4.78 is 27.1. The smallest absolute Gasteiger partial charge is 0.339 e. The van der Waals surface area contributed by atoms with Crippen LogP contribution in [-0.2, 0) is 9.59 Å². The van der Waals surface area contributed by atoms with Crippen molar-refractivity contribution in [2.45, 2.75) is 6.42 Å². The van der Waals surface area contributed by atoms with Crippen LogP contribution in [0.5, 0.6) is 5.75 Å².